The summed E-state index contributed by atoms with van der Waals surface area (Å²) in [5.41, 5.74) is 2.08. The van der Waals surface area contributed by atoms with Crippen LogP contribution in [0.3, 0.4) is 0 Å². The van der Waals surface area contributed by atoms with Gasteiger partial charge in [0.05, 0.1) is 20.9 Å². The van der Waals surface area contributed by atoms with Crippen LogP contribution in [0.5, 0.6) is 0 Å². The molecule has 0 fully saturated rings. The van der Waals surface area contributed by atoms with E-state index in [1.165, 1.54) is 34.9 Å². The molecule has 1 heterocycles. The number of thiazole rings is 1. The monoisotopic (exact) mass is 466 g/mol. The van der Waals surface area contributed by atoms with Crippen molar-refractivity contribution in [2.45, 2.75) is 23.3 Å². The third-order valence-electron chi connectivity index (χ3n) is 4.21. The smallest absolute Gasteiger partial charge is 0.258 e. The molecule has 1 amide bonds. The Balaban J connectivity index is 1.92. The van der Waals surface area contributed by atoms with Crippen LogP contribution in [-0.4, -0.2) is 42.9 Å². The first kappa shape index (κ1) is 22.1. The second-order valence-electron chi connectivity index (χ2n) is 6.54. The van der Waals surface area contributed by atoms with Gasteiger partial charge in [0.2, 0.25) is 0 Å². The predicted octanol–water partition coefficient (Wildman–Crippen LogP) is 4.00. The number of sulfone groups is 1. The van der Waals surface area contributed by atoms with Crippen molar-refractivity contribution in [2.75, 3.05) is 24.0 Å². The maximum Gasteiger partial charge on any atom is 0.258 e. The van der Waals surface area contributed by atoms with Crippen molar-refractivity contribution in [2.24, 2.45) is 4.99 Å². The fourth-order valence-electron chi connectivity index (χ4n) is 2.69. The van der Waals surface area contributed by atoms with Crippen LogP contribution in [0.1, 0.15) is 5.56 Å². The molecular formula is C20H22N2O3S4. The SMILES string of the molecule is CSCCn1c(=NC(=O)CSc2ccc(C)cc2)sc2cc(S(C)(=O)=O)ccc21. The van der Waals surface area contributed by atoms with Crippen LogP contribution < -0.4 is 4.80 Å². The molecule has 3 rings (SSSR count). The van der Waals surface area contributed by atoms with Crippen LogP contribution >= 0.6 is 34.9 Å². The van der Waals surface area contributed by atoms with Crippen LogP contribution in [0, 0.1) is 6.92 Å². The predicted molar refractivity (Wildman–Crippen MR) is 124 cm³/mol. The lowest BCUT2D eigenvalue weighted by Crippen LogP contribution is -2.18. The minimum absolute atomic E-state index is 0.205. The van der Waals surface area contributed by atoms with Crippen molar-refractivity contribution in [3.8, 4) is 0 Å². The topological polar surface area (TPSA) is 68.5 Å². The Kier molecular flexibility index (Phi) is 7.26. The average molecular weight is 467 g/mol. The summed E-state index contributed by atoms with van der Waals surface area (Å²) in [5.74, 6) is 0.927. The molecular weight excluding hydrogens is 444 g/mol. The number of amides is 1. The Morgan fingerprint density at radius 3 is 2.55 bits per heavy atom. The van der Waals surface area contributed by atoms with E-state index in [4.69, 9.17) is 0 Å². The molecule has 9 heteroatoms. The zero-order valence-corrected chi connectivity index (χ0v) is 19.7. The molecule has 5 nitrogen and oxygen atoms in total. The molecule has 0 spiro atoms. The van der Waals surface area contributed by atoms with Gasteiger partial charge in [-0.15, -0.1) is 11.8 Å². The van der Waals surface area contributed by atoms with Crippen LogP contribution in [-0.2, 0) is 21.2 Å². The van der Waals surface area contributed by atoms with Gasteiger partial charge in [-0.25, -0.2) is 8.42 Å². The Hall–Kier alpha value is -1.55. The van der Waals surface area contributed by atoms with Crippen molar-refractivity contribution in [3.05, 3.63) is 52.8 Å². The summed E-state index contributed by atoms with van der Waals surface area (Å²) in [6.45, 7) is 2.73. The van der Waals surface area contributed by atoms with E-state index in [9.17, 15) is 13.2 Å². The first-order valence-corrected chi connectivity index (χ1v) is 14.0. The van der Waals surface area contributed by atoms with Gasteiger partial charge in [-0.3, -0.25) is 4.79 Å². The molecule has 0 unspecified atom stereocenters. The quantitative estimate of drug-likeness (QED) is 0.493. The van der Waals surface area contributed by atoms with E-state index >= 15 is 0 Å². The number of nitrogens with zero attached hydrogens (tertiary/aromatic N) is 2. The molecule has 29 heavy (non-hydrogen) atoms. The number of thioether (sulfide) groups is 2. The highest BCUT2D eigenvalue weighted by molar-refractivity contribution is 8.00. The van der Waals surface area contributed by atoms with Crippen LogP contribution in [0.15, 0.2) is 57.2 Å². The molecule has 0 atom stereocenters. The number of hydrogen-bond acceptors (Lipinski definition) is 6. The highest BCUT2D eigenvalue weighted by Gasteiger charge is 2.13. The zero-order chi connectivity index (χ0) is 21.0. The van der Waals surface area contributed by atoms with E-state index in [-0.39, 0.29) is 16.6 Å². The lowest BCUT2D eigenvalue weighted by molar-refractivity contribution is -0.115. The molecule has 3 aromatic rings. The van der Waals surface area contributed by atoms with Gasteiger partial charge in [-0.2, -0.15) is 16.8 Å². The van der Waals surface area contributed by atoms with Crippen LogP contribution in [0.4, 0.5) is 0 Å². The molecule has 0 aliphatic rings. The van der Waals surface area contributed by atoms with Gasteiger partial charge in [0, 0.05) is 23.4 Å². The minimum Gasteiger partial charge on any atom is -0.316 e. The Labute approximate surface area is 183 Å². The fourth-order valence-corrected chi connectivity index (χ4v) is 5.57. The van der Waals surface area contributed by atoms with Gasteiger partial charge in [0.1, 0.15) is 0 Å². The Morgan fingerprint density at radius 2 is 1.90 bits per heavy atom. The normalized spacial score (nSPS) is 12.6. The summed E-state index contributed by atoms with van der Waals surface area (Å²) in [7, 11) is -3.29. The highest BCUT2D eigenvalue weighted by Crippen LogP contribution is 2.23. The number of hydrogen-bond donors (Lipinski definition) is 0. The average Bonchev–Trinajstić information content (AvgIpc) is 3.01. The molecule has 1 aromatic heterocycles. The maximum atomic E-state index is 12.5. The summed E-state index contributed by atoms with van der Waals surface area (Å²) in [5, 5.41) is 0. The third-order valence-corrected chi connectivity index (χ3v) is 7.94. The third kappa shape index (κ3) is 5.75. The summed E-state index contributed by atoms with van der Waals surface area (Å²) in [6, 6.07) is 13.1. The van der Waals surface area contributed by atoms with Gasteiger partial charge >= 0.3 is 0 Å². The Morgan fingerprint density at radius 1 is 1.17 bits per heavy atom. The second-order valence-corrected chi connectivity index (χ2v) is 11.6. The summed E-state index contributed by atoms with van der Waals surface area (Å²) < 4.78 is 26.6. The van der Waals surface area contributed by atoms with Gasteiger partial charge in [-0.05, 0) is 43.5 Å². The fraction of sp³-hybridized carbons (Fsp3) is 0.300. The number of carbonyl (C=O) groups excluding carboxylic acids is 1. The first-order chi connectivity index (χ1) is 13.8. The lowest BCUT2D eigenvalue weighted by atomic mass is 10.2. The van der Waals surface area contributed by atoms with Crippen molar-refractivity contribution in [1.29, 1.82) is 0 Å². The molecule has 0 aliphatic heterocycles. The second kappa shape index (κ2) is 9.51. The van der Waals surface area contributed by atoms with Gasteiger partial charge in [-0.1, -0.05) is 29.0 Å². The molecule has 0 saturated carbocycles. The number of aromatic nitrogens is 1. The molecule has 0 radical (unpaired) electrons. The number of carbonyl (C=O) groups is 1. The number of aryl methyl sites for hydroxylation is 2. The number of rotatable bonds is 7. The molecule has 0 N–H and O–H groups in total. The van der Waals surface area contributed by atoms with Crippen LogP contribution in [0.2, 0.25) is 0 Å². The zero-order valence-electron chi connectivity index (χ0n) is 16.4. The Bertz CT molecular complexity index is 1190. The summed E-state index contributed by atoms with van der Waals surface area (Å²) in [6.07, 6.45) is 3.22. The molecule has 154 valence electrons. The molecule has 0 saturated heterocycles. The molecule has 2 aromatic carbocycles. The number of benzene rings is 2. The summed E-state index contributed by atoms with van der Waals surface area (Å²) in [4.78, 5) is 18.7. The van der Waals surface area contributed by atoms with Gasteiger partial charge in [0.15, 0.2) is 14.6 Å². The van der Waals surface area contributed by atoms with Crippen molar-refractivity contribution >= 4 is 60.8 Å². The van der Waals surface area contributed by atoms with Gasteiger partial charge < -0.3 is 4.57 Å². The van der Waals surface area contributed by atoms with E-state index in [2.05, 4.69) is 4.99 Å². The lowest BCUT2D eigenvalue weighted by Gasteiger charge is -2.04. The number of fused-ring (bicyclic) bond motifs is 1. The van der Waals surface area contributed by atoms with E-state index in [0.717, 1.165) is 20.9 Å². The molecule has 0 bridgehead atoms. The largest absolute Gasteiger partial charge is 0.316 e. The van der Waals surface area contributed by atoms with Crippen LogP contribution in [0.25, 0.3) is 10.2 Å². The first-order valence-electron chi connectivity index (χ1n) is 8.87. The van der Waals surface area contributed by atoms with E-state index in [1.807, 2.05) is 42.0 Å². The van der Waals surface area contributed by atoms with E-state index in [0.29, 0.717) is 11.3 Å². The highest BCUT2D eigenvalue weighted by atomic mass is 32.2. The van der Waals surface area contributed by atoms with E-state index < -0.39 is 9.84 Å². The molecule has 0 aliphatic carbocycles. The van der Waals surface area contributed by atoms with Gasteiger partial charge in [0.25, 0.3) is 5.91 Å². The van der Waals surface area contributed by atoms with Crippen molar-refractivity contribution in [3.63, 3.8) is 0 Å². The standard InChI is InChI=1S/C20H22N2O3S4/c1-14-4-6-15(7-5-14)27-13-19(23)21-20-22(10-11-26-2)17-9-8-16(29(3,24)25)12-18(17)28-20/h4-9,12H,10-11,13H2,1-3H3. The maximum absolute atomic E-state index is 12.5. The summed E-state index contributed by atoms with van der Waals surface area (Å²) >= 11 is 4.52. The van der Waals surface area contributed by atoms with Crippen molar-refractivity contribution in [1.82, 2.24) is 4.57 Å². The van der Waals surface area contributed by atoms with Crippen molar-refractivity contribution < 1.29 is 13.2 Å². The van der Waals surface area contributed by atoms with E-state index in [1.54, 1.807) is 30.0 Å². The minimum atomic E-state index is -3.29.